The molecule has 0 aliphatic rings. The summed E-state index contributed by atoms with van der Waals surface area (Å²) in [6, 6.07) is 0. The van der Waals surface area contributed by atoms with E-state index in [2.05, 4.69) is 23.8 Å². The molecule has 0 aromatic heterocycles. The van der Waals surface area contributed by atoms with Crippen molar-refractivity contribution in [3.8, 4) is 0 Å². The first-order valence-corrected chi connectivity index (χ1v) is 4.11. The predicted molar refractivity (Wildman–Crippen MR) is 53.9 cm³/mol. The quantitative estimate of drug-likeness (QED) is 0.480. The van der Waals surface area contributed by atoms with Crippen molar-refractivity contribution in [1.29, 1.82) is 0 Å². The van der Waals surface area contributed by atoms with Gasteiger partial charge in [-0.05, 0) is 19.4 Å². The van der Waals surface area contributed by atoms with Crippen LogP contribution in [-0.2, 0) is 0 Å². The van der Waals surface area contributed by atoms with Crippen LogP contribution < -0.4 is 11.1 Å². The second-order valence-electron chi connectivity index (χ2n) is 2.32. The van der Waals surface area contributed by atoms with E-state index in [1.54, 1.807) is 12.3 Å². The third-order valence-corrected chi connectivity index (χ3v) is 1.31. The molecule has 0 atom stereocenters. The molecule has 3 heteroatoms. The fourth-order valence-corrected chi connectivity index (χ4v) is 0.736. The van der Waals surface area contributed by atoms with Crippen LogP contribution in [0.2, 0.25) is 0 Å². The van der Waals surface area contributed by atoms with Crippen molar-refractivity contribution in [3.63, 3.8) is 0 Å². The lowest BCUT2D eigenvalue weighted by Gasteiger charge is -2.06. The van der Waals surface area contributed by atoms with E-state index >= 15 is 0 Å². The minimum absolute atomic E-state index is 0.487. The van der Waals surface area contributed by atoms with Crippen molar-refractivity contribution in [2.75, 3.05) is 6.54 Å². The number of rotatable bonds is 5. The van der Waals surface area contributed by atoms with Crippen LogP contribution in [0.5, 0.6) is 0 Å². The van der Waals surface area contributed by atoms with Crippen molar-refractivity contribution in [3.05, 3.63) is 24.2 Å². The number of nitrogens with two attached hydrogens (primary N) is 1. The van der Waals surface area contributed by atoms with Gasteiger partial charge in [0, 0.05) is 12.8 Å². The molecule has 0 bridgehead atoms. The molecule has 0 saturated carbocycles. The Morgan fingerprint density at radius 2 is 2.33 bits per heavy atom. The normalized spacial score (nSPS) is 12.8. The first-order valence-electron chi connectivity index (χ1n) is 4.11. The van der Waals surface area contributed by atoms with Crippen LogP contribution in [0.15, 0.2) is 29.2 Å². The van der Waals surface area contributed by atoms with E-state index < -0.39 is 0 Å². The molecule has 0 aliphatic heterocycles. The molecule has 0 radical (unpaired) electrons. The Hall–Kier alpha value is -1.25. The molecule has 3 nitrogen and oxygen atoms in total. The topological polar surface area (TPSA) is 50.4 Å². The molecular formula is C9H17N3. The number of aliphatic imine (C=N–C) groups is 1. The predicted octanol–water partition coefficient (Wildman–Crippen LogP) is 1.39. The van der Waals surface area contributed by atoms with E-state index in [1.165, 1.54) is 0 Å². The third kappa shape index (κ3) is 3.81. The number of hydrogen-bond acceptors (Lipinski definition) is 3. The maximum absolute atomic E-state index is 5.63. The molecule has 0 amide bonds. The highest BCUT2D eigenvalue weighted by Gasteiger charge is 1.94. The molecule has 12 heavy (non-hydrogen) atoms. The fourth-order valence-electron chi connectivity index (χ4n) is 0.736. The smallest absolute Gasteiger partial charge is 0.146 e. The zero-order valence-electron chi connectivity index (χ0n) is 7.80. The average molecular weight is 167 g/mol. The number of nitrogens with one attached hydrogen (secondary N) is 1. The molecule has 0 aliphatic carbocycles. The molecule has 3 N–H and O–H groups in total. The van der Waals surface area contributed by atoms with E-state index in [-0.39, 0.29) is 0 Å². The van der Waals surface area contributed by atoms with Crippen LogP contribution in [0.4, 0.5) is 0 Å². The summed E-state index contributed by atoms with van der Waals surface area (Å²) >= 11 is 0. The van der Waals surface area contributed by atoms with Crippen LogP contribution in [0, 0.1) is 0 Å². The Labute approximate surface area is 74.1 Å². The zero-order chi connectivity index (χ0) is 9.40. The van der Waals surface area contributed by atoms with Crippen LogP contribution >= 0.6 is 0 Å². The lowest BCUT2D eigenvalue weighted by Crippen LogP contribution is -2.17. The van der Waals surface area contributed by atoms with Crippen molar-refractivity contribution >= 4 is 6.21 Å². The van der Waals surface area contributed by atoms with Gasteiger partial charge in [-0.15, -0.1) is 0 Å². The van der Waals surface area contributed by atoms with Crippen molar-refractivity contribution in [2.45, 2.75) is 20.3 Å². The van der Waals surface area contributed by atoms with Crippen LogP contribution in [-0.4, -0.2) is 12.8 Å². The van der Waals surface area contributed by atoms with Gasteiger partial charge in [0.15, 0.2) is 0 Å². The molecule has 0 spiro atoms. The number of nitrogens with zero attached hydrogens (tertiary/aromatic N) is 1. The lowest BCUT2D eigenvalue weighted by atomic mass is 10.4. The van der Waals surface area contributed by atoms with E-state index in [4.69, 9.17) is 5.73 Å². The first kappa shape index (κ1) is 10.8. The number of hydrogen-bond donors (Lipinski definition) is 2. The second kappa shape index (κ2) is 6.46. The minimum Gasteiger partial charge on any atom is -0.382 e. The standard InChI is InChI=1S/C9H17N3/c1-4-7-12-8(5-2)9(10)11-6-3/h5-6,12H,2,4,7,10H2,1,3H3/b9-8+,11-6-. The molecular weight excluding hydrogens is 150 g/mol. The van der Waals surface area contributed by atoms with Crippen molar-refractivity contribution < 1.29 is 0 Å². The molecule has 0 unspecified atom stereocenters. The highest BCUT2D eigenvalue weighted by Crippen LogP contribution is 1.96. The number of allylic oxidation sites excluding steroid dienone is 1. The van der Waals surface area contributed by atoms with Crippen LogP contribution in [0.3, 0.4) is 0 Å². The maximum Gasteiger partial charge on any atom is 0.146 e. The molecule has 68 valence electrons. The second-order valence-corrected chi connectivity index (χ2v) is 2.32. The van der Waals surface area contributed by atoms with Crippen molar-refractivity contribution in [1.82, 2.24) is 5.32 Å². The van der Waals surface area contributed by atoms with Gasteiger partial charge in [-0.3, -0.25) is 0 Å². The molecule has 0 aromatic rings. The first-order chi connectivity index (χ1) is 5.76. The van der Waals surface area contributed by atoms with E-state index in [0.717, 1.165) is 18.7 Å². The fraction of sp³-hybridized carbons (Fsp3) is 0.444. The Balaban J connectivity index is 4.28. The zero-order valence-corrected chi connectivity index (χ0v) is 7.80. The Bertz CT molecular complexity index is 192. The average Bonchev–Trinajstić information content (AvgIpc) is 2.06. The highest BCUT2D eigenvalue weighted by atomic mass is 15.0. The van der Waals surface area contributed by atoms with Gasteiger partial charge in [0.2, 0.25) is 0 Å². The molecule has 0 heterocycles. The monoisotopic (exact) mass is 167 g/mol. The van der Waals surface area contributed by atoms with Gasteiger partial charge in [-0.25, -0.2) is 4.99 Å². The Morgan fingerprint density at radius 1 is 1.67 bits per heavy atom. The summed E-state index contributed by atoms with van der Waals surface area (Å²) in [6.07, 6.45) is 4.39. The van der Waals surface area contributed by atoms with Gasteiger partial charge in [-0.1, -0.05) is 13.5 Å². The SMILES string of the molecule is C=C/C(NCCC)=C(N)\N=C/C. The summed E-state index contributed by atoms with van der Waals surface area (Å²) in [4.78, 5) is 3.95. The molecule has 0 aromatic carbocycles. The largest absolute Gasteiger partial charge is 0.382 e. The summed E-state index contributed by atoms with van der Waals surface area (Å²) in [5.41, 5.74) is 6.43. The van der Waals surface area contributed by atoms with Crippen molar-refractivity contribution in [2.24, 2.45) is 10.7 Å². The summed E-state index contributed by atoms with van der Waals surface area (Å²) < 4.78 is 0. The van der Waals surface area contributed by atoms with Gasteiger partial charge in [-0.2, -0.15) is 0 Å². The van der Waals surface area contributed by atoms with E-state index in [0.29, 0.717) is 5.82 Å². The molecule has 0 fully saturated rings. The van der Waals surface area contributed by atoms with E-state index in [1.807, 2.05) is 6.92 Å². The van der Waals surface area contributed by atoms with Crippen LogP contribution in [0.25, 0.3) is 0 Å². The van der Waals surface area contributed by atoms with Crippen LogP contribution in [0.1, 0.15) is 20.3 Å². The lowest BCUT2D eigenvalue weighted by molar-refractivity contribution is 0.774. The van der Waals surface area contributed by atoms with Gasteiger partial charge >= 0.3 is 0 Å². The maximum atomic E-state index is 5.63. The van der Waals surface area contributed by atoms with Gasteiger partial charge in [0.1, 0.15) is 5.82 Å². The van der Waals surface area contributed by atoms with E-state index in [9.17, 15) is 0 Å². The Kier molecular flexibility index (Phi) is 5.79. The highest BCUT2D eigenvalue weighted by molar-refractivity contribution is 5.55. The summed E-state index contributed by atoms with van der Waals surface area (Å²) in [5.74, 6) is 0.487. The van der Waals surface area contributed by atoms with Gasteiger partial charge in [0.25, 0.3) is 0 Å². The summed E-state index contributed by atoms with van der Waals surface area (Å²) in [7, 11) is 0. The van der Waals surface area contributed by atoms with Gasteiger partial charge in [0.05, 0.1) is 5.70 Å². The Morgan fingerprint density at radius 3 is 2.75 bits per heavy atom. The summed E-state index contributed by atoms with van der Waals surface area (Å²) in [6.45, 7) is 8.45. The molecule has 0 rings (SSSR count). The minimum atomic E-state index is 0.487. The summed E-state index contributed by atoms with van der Waals surface area (Å²) in [5, 5.41) is 3.13. The third-order valence-electron chi connectivity index (χ3n) is 1.31. The van der Waals surface area contributed by atoms with Gasteiger partial charge < -0.3 is 11.1 Å². The molecule has 0 saturated heterocycles.